The third-order valence-corrected chi connectivity index (χ3v) is 3.81. The summed E-state index contributed by atoms with van der Waals surface area (Å²) in [5, 5.41) is 0. The molecule has 0 spiro atoms. The Bertz CT molecular complexity index is 466. The number of nitrogen functional groups attached to an aromatic ring is 1. The van der Waals surface area contributed by atoms with Crippen LogP contribution in [0.2, 0.25) is 0 Å². The average Bonchev–Trinajstić information content (AvgIpc) is 2.31. The van der Waals surface area contributed by atoms with Crippen LogP contribution in [0.1, 0.15) is 55.1 Å². The third-order valence-electron chi connectivity index (χ3n) is 3.81. The van der Waals surface area contributed by atoms with Gasteiger partial charge in [-0.2, -0.15) is 0 Å². The highest BCUT2D eigenvalue weighted by Crippen LogP contribution is 2.27. The number of anilines is 1. The van der Waals surface area contributed by atoms with Gasteiger partial charge >= 0.3 is 0 Å². The number of amides is 1. The van der Waals surface area contributed by atoms with Crippen LogP contribution in [-0.2, 0) is 0 Å². The van der Waals surface area contributed by atoms with E-state index in [1.807, 2.05) is 31.9 Å². The molecule has 0 bridgehead atoms. The van der Waals surface area contributed by atoms with Gasteiger partial charge in [0.25, 0.3) is 5.91 Å². The average molecular weight is 261 g/mol. The summed E-state index contributed by atoms with van der Waals surface area (Å²) in [5.41, 5.74) is 7.32. The van der Waals surface area contributed by atoms with E-state index in [1.54, 1.807) is 6.07 Å². The maximum absolute atomic E-state index is 12.4. The molecule has 0 unspecified atom stereocenters. The molecule has 1 saturated carbocycles. The summed E-state index contributed by atoms with van der Waals surface area (Å²) in [6.45, 7) is 4.94. The van der Waals surface area contributed by atoms with E-state index < -0.39 is 0 Å². The minimum absolute atomic E-state index is 0.0444. The fourth-order valence-corrected chi connectivity index (χ4v) is 2.36. The molecule has 19 heavy (non-hydrogen) atoms. The van der Waals surface area contributed by atoms with Gasteiger partial charge in [-0.3, -0.25) is 4.79 Å². The molecule has 4 nitrogen and oxygen atoms in total. The van der Waals surface area contributed by atoms with Gasteiger partial charge in [-0.25, -0.2) is 4.98 Å². The van der Waals surface area contributed by atoms with E-state index in [2.05, 4.69) is 4.98 Å². The van der Waals surface area contributed by atoms with Gasteiger partial charge in [0.1, 0.15) is 5.82 Å². The molecule has 0 aromatic carbocycles. The second-order valence-corrected chi connectivity index (χ2v) is 5.84. The molecule has 2 rings (SSSR count). The number of aromatic nitrogens is 1. The van der Waals surface area contributed by atoms with Crippen molar-refractivity contribution in [2.75, 3.05) is 19.3 Å². The molecule has 1 fully saturated rings. The summed E-state index contributed by atoms with van der Waals surface area (Å²) >= 11 is 0. The summed E-state index contributed by atoms with van der Waals surface area (Å²) in [6.07, 6.45) is 3.78. The highest BCUT2D eigenvalue weighted by molar-refractivity contribution is 5.94. The van der Waals surface area contributed by atoms with Crippen molar-refractivity contribution in [2.24, 2.45) is 5.92 Å². The van der Waals surface area contributed by atoms with Gasteiger partial charge in [0, 0.05) is 24.8 Å². The quantitative estimate of drug-likeness (QED) is 0.906. The monoisotopic (exact) mass is 261 g/mol. The fraction of sp³-hybridized carbons (Fsp3) is 0.600. The Kier molecular flexibility index (Phi) is 4.08. The molecule has 1 heterocycles. The molecule has 0 aliphatic heterocycles. The summed E-state index contributed by atoms with van der Waals surface area (Å²) in [4.78, 5) is 18.5. The van der Waals surface area contributed by atoms with Gasteiger partial charge in [-0.1, -0.05) is 20.3 Å². The molecule has 104 valence electrons. The van der Waals surface area contributed by atoms with Crippen molar-refractivity contribution in [3.63, 3.8) is 0 Å². The molecule has 0 saturated heterocycles. The van der Waals surface area contributed by atoms with Crippen LogP contribution in [0.15, 0.2) is 12.1 Å². The first-order valence-electron chi connectivity index (χ1n) is 7.00. The minimum Gasteiger partial charge on any atom is -0.384 e. The molecule has 1 amide bonds. The summed E-state index contributed by atoms with van der Waals surface area (Å²) in [5.74, 6) is 1.42. The predicted octanol–water partition coefficient (Wildman–Crippen LogP) is 2.66. The zero-order valence-electron chi connectivity index (χ0n) is 12.0. The normalized spacial score (nSPS) is 15.4. The Balaban J connectivity index is 2.12. The molecular formula is C15H23N3O. The standard InChI is InChI=1S/C15H23N3O/c1-10(2)13-7-12(8-14(16)17-13)15(19)18(3)9-11-5-4-6-11/h7-8,10-11H,4-6,9H2,1-3H3,(H2,16,17). The van der Waals surface area contributed by atoms with Gasteiger partial charge in [-0.15, -0.1) is 0 Å². The fourth-order valence-electron chi connectivity index (χ4n) is 2.36. The van der Waals surface area contributed by atoms with Crippen molar-refractivity contribution in [2.45, 2.75) is 39.0 Å². The van der Waals surface area contributed by atoms with Crippen LogP contribution in [0.5, 0.6) is 0 Å². The first-order valence-corrected chi connectivity index (χ1v) is 7.00. The van der Waals surface area contributed by atoms with E-state index in [1.165, 1.54) is 19.3 Å². The lowest BCUT2D eigenvalue weighted by molar-refractivity contribution is 0.0745. The first-order chi connectivity index (χ1) is 8.97. The smallest absolute Gasteiger partial charge is 0.253 e. The maximum atomic E-state index is 12.4. The summed E-state index contributed by atoms with van der Waals surface area (Å²) in [7, 11) is 1.87. The lowest BCUT2D eigenvalue weighted by Crippen LogP contribution is -2.34. The Morgan fingerprint density at radius 1 is 1.47 bits per heavy atom. The largest absolute Gasteiger partial charge is 0.384 e. The van der Waals surface area contributed by atoms with E-state index in [9.17, 15) is 4.79 Å². The van der Waals surface area contributed by atoms with Gasteiger partial charge in [-0.05, 0) is 36.8 Å². The molecule has 1 aliphatic carbocycles. The van der Waals surface area contributed by atoms with Crippen LogP contribution < -0.4 is 5.73 Å². The number of rotatable bonds is 4. The first kappa shape index (κ1) is 13.8. The van der Waals surface area contributed by atoms with Crippen LogP contribution in [0.25, 0.3) is 0 Å². The number of pyridine rings is 1. The summed E-state index contributed by atoms with van der Waals surface area (Å²) in [6, 6.07) is 3.53. The second kappa shape index (κ2) is 5.59. The second-order valence-electron chi connectivity index (χ2n) is 5.84. The van der Waals surface area contributed by atoms with E-state index in [-0.39, 0.29) is 11.8 Å². The molecule has 2 N–H and O–H groups in total. The zero-order valence-corrected chi connectivity index (χ0v) is 12.0. The molecular weight excluding hydrogens is 238 g/mol. The number of carbonyl (C=O) groups is 1. The van der Waals surface area contributed by atoms with E-state index in [4.69, 9.17) is 5.73 Å². The molecule has 0 atom stereocenters. The lowest BCUT2D eigenvalue weighted by Gasteiger charge is -2.30. The van der Waals surface area contributed by atoms with Gasteiger partial charge < -0.3 is 10.6 Å². The number of nitrogens with zero attached hydrogens (tertiary/aromatic N) is 2. The highest BCUT2D eigenvalue weighted by Gasteiger charge is 2.22. The van der Waals surface area contributed by atoms with Crippen molar-refractivity contribution in [1.29, 1.82) is 0 Å². The van der Waals surface area contributed by atoms with E-state index in [0.717, 1.165) is 12.2 Å². The maximum Gasteiger partial charge on any atom is 0.253 e. The Hall–Kier alpha value is -1.58. The van der Waals surface area contributed by atoms with Crippen LogP contribution in [0.3, 0.4) is 0 Å². The van der Waals surface area contributed by atoms with Crippen molar-refractivity contribution in [3.05, 3.63) is 23.4 Å². The van der Waals surface area contributed by atoms with Crippen LogP contribution in [-0.4, -0.2) is 29.4 Å². The Morgan fingerprint density at radius 3 is 2.68 bits per heavy atom. The summed E-state index contributed by atoms with van der Waals surface area (Å²) < 4.78 is 0. The van der Waals surface area contributed by atoms with E-state index >= 15 is 0 Å². The molecule has 1 aromatic heterocycles. The molecule has 4 heteroatoms. The third kappa shape index (κ3) is 3.25. The SMILES string of the molecule is CC(C)c1cc(C(=O)N(C)CC2CCC2)cc(N)n1. The van der Waals surface area contributed by atoms with Crippen LogP contribution in [0.4, 0.5) is 5.82 Å². The Morgan fingerprint density at radius 2 is 2.16 bits per heavy atom. The van der Waals surface area contributed by atoms with Crippen LogP contribution >= 0.6 is 0 Å². The van der Waals surface area contributed by atoms with Crippen molar-refractivity contribution in [1.82, 2.24) is 9.88 Å². The van der Waals surface area contributed by atoms with Gasteiger partial charge in [0.2, 0.25) is 0 Å². The number of carbonyl (C=O) groups excluding carboxylic acids is 1. The van der Waals surface area contributed by atoms with Gasteiger partial charge in [0.15, 0.2) is 0 Å². The lowest BCUT2D eigenvalue weighted by atomic mass is 9.85. The number of hydrogen-bond donors (Lipinski definition) is 1. The molecule has 1 aliphatic rings. The Labute approximate surface area is 115 Å². The molecule has 1 aromatic rings. The van der Waals surface area contributed by atoms with E-state index in [0.29, 0.717) is 17.3 Å². The number of nitrogens with two attached hydrogens (primary N) is 1. The topological polar surface area (TPSA) is 59.2 Å². The highest BCUT2D eigenvalue weighted by atomic mass is 16.2. The van der Waals surface area contributed by atoms with Crippen LogP contribution in [0, 0.1) is 5.92 Å². The van der Waals surface area contributed by atoms with Crippen molar-refractivity contribution in [3.8, 4) is 0 Å². The van der Waals surface area contributed by atoms with Crippen molar-refractivity contribution < 1.29 is 4.79 Å². The minimum atomic E-state index is 0.0444. The zero-order chi connectivity index (χ0) is 14.0. The van der Waals surface area contributed by atoms with Crippen molar-refractivity contribution >= 4 is 11.7 Å². The van der Waals surface area contributed by atoms with Gasteiger partial charge in [0.05, 0.1) is 0 Å². The number of hydrogen-bond acceptors (Lipinski definition) is 3. The predicted molar refractivity (Wildman–Crippen MR) is 77.0 cm³/mol. The molecule has 0 radical (unpaired) electrons.